The fourth-order valence-electron chi connectivity index (χ4n) is 1.34. The summed E-state index contributed by atoms with van der Waals surface area (Å²) in [6.45, 7) is 3.99. The van der Waals surface area contributed by atoms with Gasteiger partial charge < -0.3 is 15.1 Å². The minimum absolute atomic E-state index is 0.312. The number of nitrogens with zero attached hydrogens (tertiary/aromatic N) is 1. The second kappa shape index (κ2) is 6.91. The monoisotopic (exact) mass is 237 g/mol. The molecular weight excluding hydrogens is 218 g/mol. The van der Waals surface area contributed by atoms with Gasteiger partial charge in [-0.2, -0.15) is 0 Å². The highest BCUT2D eigenvalue weighted by Crippen LogP contribution is 2.13. The summed E-state index contributed by atoms with van der Waals surface area (Å²) < 4.78 is 5.42. The van der Waals surface area contributed by atoms with Gasteiger partial charge in [0.2, 0.25) is 0 Å². The van der Waals surface area contributed by atoms with Crippen molar-refractivity contribution in [2.24, 2.45) is 5.16 Å². The van der Waals surface area contributed by atoms with E-state index in [9.17, 15) is 5.11 Å². The summed E-state index contributed by atoms with van der Waals surface area (Å²) in [5, 5.41) is 21.0. The molecule has 17 heavy (non-hydrogen) atoms. The molecule has 0 heterocycles. The van der Waals surface area contributed by atoms with Gasteiger partial charge in [0.25, 0.3) is 0 Å². The topological polar surface area (TPSA) is 62.0 Å². The van der Waals surface area contributed by atoms with Crippen LogP contribution in [-0.4, -0.2) is 28.7 Å². The van der Waals surface area contributed by atoms with Crippen LogP contribution in [0.4, 0.5) is 0 Å². The number of hydrogen-bond donors (Lipinski definition) is 2. The maximum absolute atomic E-state index is 9.36. The van der Waals surface area contributed by atoms with Crippen LogP contribution in [-0.2, 0) is 6.42 Å². The molecule has 0 aliphatic heterocycles. The molecule has 0 spiro atoms. The number of oxime groups is 1. The van der Waals surface area contributed by atoms with Crippen LogP contribution in [0.25, 0.3) is 0 Å². The van der Waals surface area contributed by atoms with Crippen molar-refractivity contribution in [2.45, 2.75) is 32.8 Å². The van der Waals surface area contributed by atoms with Gasteiger partial charge in [0.05, 0.1) is 11.8 Å². The van der Waals surface area contributed by atoms with E-state index in [1.165, 1.54) is 0 Å². The molecule has 0 aliphatic rings. The molecule has 1 aromatic carbocycles. The van der Waals surface area contributed by atoms with Crippen LogP contribution < -0.4 is 4.74 Å². The lowest BCUT2D eigenvalue weighted by Gasteiger charge is -2.10. The number of ether oxygens (including phenoxy) is 1. The molecule has 0 bridgehead atoms. The SMILES string of the molecule is CCC(O)COc1ccc(C/C(C)=N/O)cc1. The minimum atomic E-state index is -0.418. The molecule has 4 heteroatoms. The molecule has 0 amide bonds. The summed E-state index contributed by atoms with van der Waals surface area (Å²) in [5.74, 6) is 0.736. The molecule has 1 aromatic rings. The first kappa shape index (κ1) is 13.5. The molecule has 0 saturated carbocycles. The molecule has 1 atom stereocenters. The Morgan fingerprint density at radius 1 is 1.35 bits per heavy atom. The first-order valence-corrected chi connectivity index (χ1v) is 5.73. The van der Waals surface area contributed by atoms with Crippen molar-refractivity contribution in [2.75, 3.05) is 6.61 Å². The van der Waals surface area contributed by atoms with Crippen molar-refractivity contribution in [3.63, 3.8) is 0 Å². The lowest BCUT2D eigenvalue weighted by atomic mass is 10.1. The Morgan fingerprint density at radius 2 is 2.00 bits per heavy atom. The molecule has 0 aromatic heterocycles. The lowest BCUT2D eigenvalue weighted by Crippen LogP contribution is -2.15. The van der Waals surface area contributed by atoms with E-state index in [4.69, 9.17) is 9.94 Å². The molecule has 4 nitrogen and oxygen atoms in total. The van der Waals surface area contributed by atoms with Crippen LogP contribution in [0.1, 0.15) is 25.8 Å². The number of hydrogen-bond acceptors (Lipinski definition) is 4. The standard InChI is InChI=1S/C13H19NO3/c1-3-12(15)9-17-13-6-4-11(5-7-13)8-10(2)14-16/h4-7,12,15-16H,3,8-9H2,1-2H3/b14-10+. The Hall–Kier alpha value is -1.55. The van der Waals surface area contributed by atoms with E-state index < -0.39 is 6.10 Å². The molecule has 2 N–H and O–H groups in total. The quantitative estimate of drug-likeness (QED) is 0.453. The maximum atomic E-state index is 9.36. The highest BCUT2D eigenvalue weighted by molar-refractivity contribution is 5.83. The van der Waals surface area contributed by atoms with Gasteiger partial charge in [-0.3, -0.25) is 0 Å². The van der Waals surface area contributed by atoms with E-state index in [1.54, 1.807) is 6.92 Å². The Labute approximate surface area is 102 Å². The van der Waals surface area contributed by atoms with E-state index in [2.05, 4.69) is 5.16 Å². The van der Waals surface area contributed by atoms with Crippen molar-refractivity contribution in [3.05, 3.63) is 29.8 Å². The predicted molar refractivity (Wildman–Crippen MR) is 66.8 cm³/mol. The first-order valence-electron chi connectivity index (χ1n) is 5.73. The Kier molecular flexibility index (Phi) is 5.49. The summed E-state index contributed by atoms with van der Waals surface area (Å²) in [6, 6.07) is 7.54. The molecule has 1 unspecified atom stereocenters. The molecule has 0 radical (unpaired) electrons. The Balaban J connectivity index is 2.50. The number of rotatable bonds is 6. The van der Waals surface area contributed by atoms with Crippen molar-refractivity contribution in [1.82, 2.24) is 0 Å². The van der Waals surface area contributed by atoms with Gasteiger partial charge in [0, 0.05) is 6.42 Å². The van der Waals surface area contributed by atoms with Crippen molar-refractivity contribution >= 4 is 5.71 Å². The van der Waals surface area contributed by atoms with Crippen LogP contribution in [0.3, 0.4) is 0 Å². The average molecular weight is 237 g/mol. The van der Waals surface area contributed by atoms with Gasteiger partial charge in [-0.05, 0) is 31.0 Å². The zero-order valence-electron chi connectivity index (χ0n) is 10.3. The number of aliphatic hydroxyl groups is 1. The van der Waals surface area contributed by atoms with E-state index in [0.29, 0.717) is 25.2 Å². The third-order valence-electron chi connectivity index (χ3n) is 2.47. The van der Waals surface area contributed by atoms with E-state index in [-0.39, 0.29) is 0 Å². The zero-order valence-corrected chi connectivity index (χ0v) is 10.3. The Morgan fingerprint density at radius 3 is 2.53 bits per heavy atom. The lowest BCUT2D eigenvalue weighted by molar-refractivity contribution is 0.104. The van der Waals surface area contributed by atoms with Gasteiger partial charge >= 0.3 is 0 Å². The largest absolute Gasteiger partial charge is 0.491 e. The zero-order chi connectivity index (χ0) is 12.7. The fourth-order valence-corrected chi connectivity index (χ4v) is 1.34. The van der Waals surface area contributed by atoms with Crippen molar-refractivity contribution in [3.8, 4) is 5.75 Å². The highest BCUT2D eigenvalue weighted by atomic mass is 16.5. The van der Waals surface area contributed by atoms with E-state index >= 15 is 0 Å². The molecule has 1 rings (SSSR count). The smallest absolute Gasteiger partial charge is 0.119 e. The van der Waals surface area contributed by atoms with Gasteiger partial charge in [0.15, 0.2) is 0 Å². The van der Waals surface area contributed by atoms with Crippen LogP contribution >= 0.6 is 0 Å². The second-order valence-electron chi connectivity index (χ2n) is 4.03. The predicted octanol–water partition coefficient (Wildman–Crippen LogP) is 2.23. The summed E-state index contributed by atoms with van der Waals surface area (Å²) >= 11 is 0. The van der Waals surface area contributed by atoms with E-state index in [1.807, 2.05) is 31.2 Å². The van der Waals surface area contributed by atoms with Gasteiger partial charge in [0.1, 0.15) is 12.4 Å². The number of aliphatic hydroxyl groups excluding tert-OH is 1. The van der Waals surface area contributed by atoms with Crippen molar-refractivity contribution in [1.29, 1.82) is 0 Å². The van der Waals surface area contributed by atoms with Crippen LogP contribution in [0, 0.1) is 0 Å². The highest BCUT2D eigenvalue weighted by Gasteiger charge is 2.02. The van der Waals surface area contributed by atoms with Gasteiger partial charge in [-0.15, -0.1) is 0 Å². The number of benzene rings is 1. The summed E-state index contributed by atoms with van der Waals surface area (Å²) in [7, 11) is 0. The average Bonchev–Trinajstić information content (AvgIpc) is 2.37. The first-order chi connectivity index (χ1) is 8.15. The molecule has 0 fully saturated rings. The summed E-state index contributed by atoms with van der Waals surface area (Å²) in [5.41, 5.74) is 1.73. The minimum Gasteiger partial charge on any atom is -0.491 e. The maximum Gasteiger partial charge on any atom is 0.119 e. The second-order valence-corrected chi connectivity index (χ2v) is 4.03. The van der Waals surface area contributed by atoms with Gasteiger partial charge in [-0.25, -0.2) is 0 Å². The molecule has 94 valence electrons. The molecule has 0 saturated heterocycles. The normalized spacial score (nSPS) is 13.5. The fraction of sp³-hybridized carbons (Fsp3) is 0.462. The van der Waals surface area contributed by atoms with Crippen LogP contribution in [0.5, 0.6) is 5.75 Å². The van der Waals surface area contributed by atoms with Gasteiger partial charge in [-0.1, -0.05) is 24.2 Å². The Bertz CT molecular complexity index is 359. The molecular formula is C13H19NO3. The van der Waals surface area contributed by atoms with Crippen LogP contribution in [0.2, 0.25) is 0 Å². The van der Waals surface area contributed by atoms with E-state index in [0.717, 1.165) is 11.3 Å². The van der Waals surface area contributed by atoms with Crippen molar-refractivity contribution < 1.29 is 15.1 Å². The summed E-state index contributed by atoms with van der Waals surface area (Å²) in [6.07, 6.45) is 0.886. The summed E-state index contributed by atoms with van der Waals surface area (Å²) in [4.78, 5) is 0. The molecule has 0 aliphatic carbocycles. The third-order valence-corrected chi connectivity index (χ3v) is 2.47. The van der Waals surface area contributed by atoms with Crippen LogP contribution in [0.15, 0.2) is 29.4 Å². The third kappa shape index (κ3) is 4.87.